The van der Waals surface area contributed by atoms with Crippen LogP contribution in [-0.4, -0.2) is 49.6 Å². The van der Waals surface area contributed by atoms with Gasteiger partial charge < -0.3 is 20.3 Å². The highest BCUT2D eigenvalue weighted by molar-refractivity contribution is 5.73. The van der Waals surface area contributed by atoms with Crippen molar-refractivity contribution in [3.8, 4) is 5.75 Å². The highest BCUT2D eigenvalue weighted by Gasteiger charge is 2.23. The monoisotopic (exact) mass is 335 g/mol. The van der Waals surface area contributed by atoms with Gasteiger partial charge >= 0.3 is 0 Å². The molecule has 0 aromatic heterocycles. The number of carbonyl (C=O) groups is 1. The minimum Gasteiger partial charge on any atom is -0.490 e. The van der Waals surface area contributed by atoms with Crippen LogP contribution in [0.1, 0.15) is 37.8 Å². The summed E-state index contributed by atoms with van der Waals surface area (Å²) in [5.41, 5.74) is 0.598. The molecule has 1 aromatic carbocycles. The van der Waals surface area contributed by atoms with E-state index < -0.39 is 0 Å². The number of amides is 1. The van der Waals surface area contributed by atoms with E-state index in [0.29, 0.717) is 17.9 Å². The fourth-order valence-electron chi connectivity index (χ4n) is 3.39. The van der Waals surface area contributed by atoms with Gasteiger partial charge in [-0.25, -0.2) is 4.39 Å². The summed E-state index contributed by atoms with van der Waals surface area (Å²) < 4.78 is 20.5. The average Bonchev–Trinajstić information content (AvgIpc) is 2.82. The lowest BCUT2D eigenvalue weighted by atomic mass is 10.1. The number of rotatable bonds is 3. The smallest absolute Gasteiger partial charge is 0.219 e. The zero-order chi connectivity index (χ0) is 16.9. The molecular formula is C18H26FN3O2. The second-order valence-corrected chi connectivity index (χ2v) is 6.58. The van der Waals surface area contributed by atoms with Gasteiger partial charge in [-0.15, -0.1) is 0 Å². The van der Waals surface area contributed by atoms with Crippen LogP contribution in [0.4, 0.5) is 4.39 Å². The maximum absolute atomic E-state index is 14.6. The van der Waals surface area contributed by atoms with E-state index in [1.54, 1.807) is 17.9 Å². The van der Waals surface area contributed by atoms with Crippen LogP contribution in [0.25, 0.3) is 0 Å². The summed E-state index contributed by atoms with van der Waals surface area (Å²) in [6.07, 6.45) is 2.93. The molecule has 2 heterocycles. The molecule has 132 valence electrons. The summed E-state index contributed by atoms with van der Waals surface area (Å²) >= 11 is 0. The second-order valence-electron chi connectivity index (χ2n) is 6.58. The fraction of sp³-hybridized carbons (Fsp3) is 0.611. The lowest BCUT2D eigenvalue weighted by Gasteiger charge is -2.25. The number of piperidine rings is 1. The number of halogens is 1. The minimum absolute atomic E-state index is 0.0370. The van der Waals surface area contributed by atoms with Crippen molar-refractivity contribution in [2.75, 3.05) is 32.7 Å². The predicted octanol–water partition coefficient (Wildman–Crippen LogP) is 1.84. The van der Waals surface area contributed by atoms with Crippen molar-refractivity contribution in [1.29, 1.82) is 0 Å². The Kier molecular flexibility index (Phi) is 5.68. The van der Waals surface area contributed by atoms with Crippen LogP contribution in [0.3, 0.4) is 0 Å². The molecule has 0 bridgehead atoms. The van der Waals surface area contributed by atoms with Gasteiger partial charge in [-0.3, -0.25) is 4.79 Å². The van der Waals surface area contributed by atoms with Gasteiger partial charge in [-0.2, -0.15) is 0 Å². The van der Waals surface area contributed by atoms with E-state index >= 15 is 0 Å². The number of hydrogen-bond acceptors (Lipinski definition) is 4. The van der Waals surface area contributed by atoms with Crippen LogP contribution in [0.15, 0.2) is 18.2 Å². The van der Waals surface area contributed by atoms with E-state index in [2.05, 4.69) is 10.6 Å². The fourth-order valence-corrected chi connectivity index (χ4v) is 3.39. The van der Waals surface area contributed by atoms with Gasteiger partial charge in [-0.1, -0.05) is 6.07 Å². The zero-order valence-electron chi connectivity index (χ0n) is 14.2. The molecule has 2 saturated heterocycles. The predicted molar refractivity (Wildman–Crippen MR) is 90.5 cm³/mol. The molecule has 0 radical (unpaired) electrons. The third-order valence-electron chi connectivity index (χ3n) is 4.78. The van der Waals surface area contributed by atoms with Crippen molar-refractivity contribution in [1.82, 2.24) is 15.5 Å². The van der Waals surface area contributed by atoms with Crippen molar-refractivity contribution in [3.05, 3.63) is 29.6 Å². The lowest BCUT2D eigenvalue weighted by molar-refractivity contribution is -0.128. The molecule has 2 fully saturated rings. The number of hydrogen-bond donors (Lipinski definition) is 2. The van der Waals surface area contributed by atoms with Crippen LogP contribution in [-0.2, 0) is 4.79 Å². The van der Waals surface area contributed by atoms with Crippen LogP contribution in [0.2, 0.25) is 0 Å². The summed E-state index contributed by atoms with van der Waals surface area (Å²) in [5, 5.41) is 6.63. The maximum Gasteiger partial charge on any atom is 0.219 e. The summed E-state index contributed by atoms with van der Waals surface area (Å²) in [6.45, 7) is 5.45. The Morgan fingerprint density at radius 2 is 2.08 bits per heavy atom. The van der Waals surface area contributed by atoms with E-state index in [1.165, 1.54) is 6.07 Å². The Morgan fingerprint density at radius 1 is 1.29 bits per heavy atom. The van der Waals surface area contributed by atoms with E-state index in [4.69, 9.17) is 4.74 Å². The van der Waals surface area contributed by atoms with Crippen LogP contribution in [0.5, 0.6) is 5.75 Å². The molecule has 0 spiro atoms. The zero-order valence-corrected chi connectivity index (χ0v) is 14.2. The first-order valence-corrected chi connectivity index (χ1v) is 8.79. The SMILES string of the molecule is CC(=O)N1CCCNC(c2ccc(OC3CCNCC3)cc2F)C1. The summed E-state index contributed by atoms with van der Waals surface area (Å²) in [7, 11) is 0. The van der Waals surface area contributed by atoms with Crippen molar-refractivity contribution in [2.24, 2.45) is 0 Å². The van der Waals surface area contributed by atoms with Crippen LogP contribution >= 0.6 is 0 Å². The van der Waals surface area contributed by atoms with Gasteiger partial charge in [0.05, 0.1) is 6.04 Å². The molecular weight excluding hydrogens is 309 g/mol. The molecule has 0 saturated carbocycles. The second kappa shape index (κ2) is 7.94. The number of nitrogens with one attached hydrogen (secondary N) is 2. The normalized spacial score (nSPS) is 22.9. The molecule has 2 aliphatic heterocycles. The maximum atomic E-state index is 14.6. The summed E-state index contributed by atoms with van der Waals surface area (Å²) in [6, 6.07) is 4.92. The number of nitrogens with zero attached hydrogens (tertiary/aromatic N) is 1. The third kappa shape index (κ3) is 4.24. The molecule has 0 aliphatic carbocycles. The Labute approximate surface area is 142 Å². The van der Waals surface area contributed by atoms with Crippen LogP contribution < -0.4 is 15.4 Å². The Morgan fingerprint density at radius 3 is 2.79 bits per heavy atom. The molecule has 1 amide bonds. The molecule has 6 heteroatoms. The first kappa shape index (κ1) is 17.2. The lowest BCUT2D eigenvalue weighted by Crippen LogP contribution is -2.35. The minimum atomic E-state index is -0.274. The summed E-state index contributed by atoms with van der Waals surface area (Å²) in [4.78, 5) is 13.4. The molecule has 2 aliphatic rings. The van der Waals surface area contributed by atoms with Crippen molar-refractivity contribution < 1.29 is 13.9 Å². The number of ether oxygens (including phenoxy) is 1. The molecule has 1 atom stereocenters. The topological polar surface area (TPSA) is 53.6 Å². The largest absolute Gasteiger partial charge is 0.490 e. The first-order chi connectivity index (χ1) is 11.6. The molecule has 2 N–H and O–H groups in total. The average molecular weight is 335 g/mol. The Hall–Kier alpha value is -1.66. The highest BCUT2D eigenvalue weighted by Crippen LogP contribution is 2.25. The standard InChI is InChI=1S/C18H26FN3O2/c1-13(23)22-10-2-7-21-18(12-22)16-4-3-15(11-17(16)19)24-14-5-8-20-9-6-14/h3-4,11,14,18,20-21H,2,5-10,12H2,1H3. The first-order valence-electron chi connectivity index (χ1n) is 8.79. The number of benzene rings is 1. The highest BCUT2D eigenvalue weighted by atomic mass is 19.1. The van der Waals surface area contributed by atoms with Gasteiger partial charge in [0.2, 0.25) is 5.91 Å². The summed E-state index contributed by atoms with van der Waals surface area (Å²) in [5.74, 6) is 0.347. The quantitative estimate of drug-likeness (QED) is 0.885. The molecule has 1 unspecified atom stereocenters. The molecule has 5 nitrogen and oxygen atoms in total. The van der Waals surface area contributed by atoms with Gasteiger partial charge in [0, 0.05) is 31.6 Å². The Balaban J connectivity index is 1.70. The van der Waals surface area contributed by atoms with Crippen molar-refractivity contribution in [2.45, 2.75) is 38.3 Å². The molecule has 24 heavy (non-hydrogen) atoms. The van der Waals surface area contributed by atoms with Gasteiger partial charge in [0.1, 0.15) is 17.7 Å². The van der Waals surface area contributed by atoms with Crippen molar-refractivity contribution in [3.63, 3.8) is 0 Å². The molecule has 1 aromatic rings. The van der Waals surface area contributed by atoms with Crippen LogP contribution in [0, 0.1) is 5.82 Å². The van der Waals surface area contributed by atoms with E-state index in [0.717, 1.165) is 45.4 Å². The third-order valence-corrected chi connectivity index (χ3v) is 4.78. The molecule has 3 rings (SSSR count). The van der Waals surface area contributed by atoms with E-state index in [-0.39, 0.29) is 23.9 Å². The van der Waals surface area contributed by atoms with Gasteiger partial charge in [0.25, 0.3) is 0 Å². The van der Waals surface area contributed by atoms with Gasteiger partial charge in [-0.05, 0) is 45.0 Å². The van der Waals surface area contributed by atoms with E-state index in [1.807, 2.05) is 6.07 Å². The van der Waals surface area contributed by atoms with E-state index in [9.17, 15) is 9.18 Å². The Bertz CT molecular complexity index is 575. The number of carbonyl (C=O) groups excluding carboxylic acids is 1. The van der Waals surface area contributed by atoms with Crippen molar-refractivity contribution >= 4 is 5.91 Å². The van der Waals surface area contributed by atoms with Gasteiger partial charge in [0.15, 0.2) is 0 Å².